The molecule has 6 nitrogen and oxygen atoms in total. The van der Waals surface area contributed by atoms with E-state index in [2.05, 4.69) is 16.0 Å². The van der Waals surface area contributed by atoms with E-state index in [1.54, 1.807) is 0 Å². The SMILES string of the molecule is COC(=O)C1CCN(Cc2cc(C#N)c3oc(C(C)(C)C)nc3c2)C1. The van der Waals surface area contributed by atoms with Crippen LogP contribution in [0.5, 0.6) is 0 Å². The highest BCUT2D eigenvalue weighted by Gasteiger charge is 2.29. The molecule has 1 aliphatic heterocycles. The number of nitriles is 1. The Bertz CT molecular complexity index is 842. The van der Waals surface area contributed by atoms with Crippen molar-refractivity contribution in [3.05, 3.63) is 29.2 Å². The van der Waals surface area contributed by atoms with Crippen molar-refractivity contribution in [2.75, 3.05) is 20.2 Å². The first-order chi connectivity index (χ1) is 11.8. The van der Waals surface area contributed by atoms with Crippen LogP contribution in [0.25, 0.3) is 11.1 Å². The van der Waals surface area contributed by atoms with Crippen molar-refractivity contribution in [3.8, 4) is 6.07 Å². The summed E-state index contributed by atoms with van der Waals surface area (Å²) in [6, 6.07) is 6.03. The van der Waals surface area contributed by atoms with Gasteiger partial charge in [0.15, 0.2) is 5.58 Å². The maximum absolute atomic E-state index is 11.7. The van der Waals surface area contributed by atoms with Crippen molar-refractivity contribution in [2.45, 2.75) is 39.2 Å². The van der Waals surface area contributed by atoms with Gasteiger partial charge in [-0.3, -0.25) is 9.69 Å². The minimum Gasteiger partial charge on any atom is -0.469 e. The van der Waals surface area contributed by atoms with E-state index in [0.29, 0.717) is 35.6 Å². The lowest BCUT2D eigenvalue weighted by atomic mass is 9.97. The molecule has 1 unspecified atom stereocenters. The van der Waals surface area contributed by atoms with Crippen LogP contribution in [0.3, 0.4) is 0 Å². The van der Waals surface area contributed by atoms with Gasteiger partial charge in [-0.05, 0) is 30.7 Å². The molecule has 1 fully saturated rings. The number of aromatic nitrogens is 1. The van der Waals surface area contributed by atoms with Crippen molar-refractivity contribution in [1.82, 2.24) is 9.88 Å². The lowest BCUT2D eigenvalue weighted by Gasteiger charge is -2.15. The molecule has 0 spiro atoms. The first kappa shape index (κ1) is 17.4. The third kappa shape index (κ3) is 3.52. The number of benzene rings is 1. The summed E-state index contributed by atoms with van der Waals surface area (Å²) in [6.45, 7) is 8.28. The minimum absolute atomic E-state index is 0.0660. The number of rotatable bonds is 3. The third-order valence-corrected chi connectivity index (χ3v) is 4.52. The molecule has 0 radical (unpaired) electrons. The highest BCUT2D eigenvalue weighted by atomic mass is 16.5. The maximum Gasteiger partial charge on any atom is 0.310 e. The predicted molar refractivity (Wildman–Crippen MR) is 92.8 cm³/mol. The van der Waals surface area contributed by atoms with Gasteiger partial charge in [-0.1, -0.05) is 20.8 Å². The Labute approximate surface area is 147 Å². The Morgan fingerprint density at radius 3 is 2.88 bits per heavy atom. The number of likely N-dealkylation sites (tertiary alicyclic amines) is 1. The molecule has 1 aliphatic rings. The lowest BCUT2D eigenvalue weighted by molar-refractivity contribution is -0.144. The summed E-state index contributed by atoms with van der Waals surface area (Å²) in [5.41, 5.74) is 2.55. The minimum atomic E-state index is -0.214. The Morgan fingerprint density at radius 2 is 2.24 bits per heavy atom. The van der Waals surface area contributed by atoms with Crippen LogP contribution < -0.4 is 0 Å². The van der Waals surface area contributed by atoms with Gasteiger partial charge in [0.25, 0.3) is 0 Å². The van der Waals surface area contributed by atoms with Crippen LogP contribution in [0.1, 0.15) is 44.2 Å². The molecule has 0 N–H and O–H groups in total. The van der Waals surface area contributed by atoms with Gasteiger partial charge in [0.05, 0.1) is 18.6 Å². The zero-order valence-corrected chi connectivity index (χ0v) is 15.1. The molecule has 0 saturated carbocycles. The molecule has 132 valence electrons. The lowest BCUT2D eigenvalue weighted by Crippen LogP contribution is -2.23. The maximum atomic E-state index is 11.7. The highest BCUT2D eigenvalue weighted by molar-refractivity contribution is 5.80. The number of hydrogen-bond acceptors (Lipinski definition) is 6. The summed E-state index contributed by atoms with van der Waals surface area (Å²) in [7, 11) is 1.43. The first-order valence-electron chi connectivity index (χ1n) is 8.46. The van der Waals surface area contributed by atoms with E-state index in [4.69, 9.17) is 9.15 Å². The fourth-order valence-electron chi connectivity index (χ4n) is 3.18. The van der Waals surface area contributed by atoms with Gasteiger partial charge in [0.2, 0.25) is 5.89 Å². The monoisotopic (exact) mass is 341 g/mol. The number of ether oxygens (including phenoxy) is 1. The van der Waals surface area contributed by atoms with Gasteiger partial charge < -0.3 is 9.15 Å². The molecule has 1 saturated heterocycles. The predicted octanol–water partition coefficient (Wildman–Crippen LogP) is 2.99. The Hall–Kier alpha value is -2.39. The fourth-order valence-corrected chi connectivity index (χ4v) is 3.18. The zero-order chi connectivity index (χ0) is 18.2. The van der Waals surface area contributed by atoms with Crippen molar-refractivity contribution in [3.63, 3.8) is 0 Å². The van der Waals surface area contributed by atoms with E-state index in [0.717, 1.165) is 18.5 Å². The van der Waals surface area contributed by atoms with E-state index in [9.17, 15) is 10.1 Å². The van der Waals surface area contributed by atoms with E-state index in [1.807, 2.05) is 32.9 Å². The standard InChI is InChI=1S/C19H23N3O3/c1-19(2,3)18-21-15-8-12(7-14(9-20)16(15)25-18)10-22-6-5-13(11-22)17(23)24-4/h7-8,13H,5-6,10-11H2,1-4H3. The Kier molecular flexibility index (Phi) is 4.53. The normalized spacial score (nSPS) is 18.4. The Morgan fingerprint density at radius 1 is 1.48 bits per heavy atom. The molecule has 2 aromatic rings. The number of oxazole rings is 1. The van der Waals surface area contributed by atoms with E-state index in [1.165, 1.54) is 7.11 Å². The summed E-state index contributed by atoms with van der Waals surface area (Å²) in [4.78, 5) is 18.4. The summed E-state index contributed by atoms with van der Waals surface area (Å²) >= 11 is 0. The average Bonchev–Trinajstić information content (AvgIpc) is 3.19. The van der Waals surface area contributed by atoms with Gasteiger partial charge in [0.1, 0.15) is 11.6 Å². The summed E-state index contributed by atoms with van der Waals surface area (Å²) in [5.74, 6) is 0.411. The van der Waals surface area contributed by atoms with E-state index < -0.39 is 0 Å². The number of carbonyl (C=O) groups excluding carboxylic acids is 1. The molecule has 25 heavy (non-hydrogen) atoms. The molecule has 0 aliphatic carbocycles. The number of hydrogen-bond donors (Lipinski definition) is 0. The van der Waals surface area contributed by atoms with Gasteiger partial charge in [0, 0.05) is 18.5 Å². The molecular formula is C19H23N3O3. The summed E-state index contributed by atoms with van der Waals surface area (Å²) in [5, 5.41) is 9.47. The molecule has 1 aromatic heterocycles. The molecular weight excluding hydrogens is 318 g/mol. The van der Waals surface area contributed by atoms with Crippen LogP contribution in [-0.2, 0) is 21.5 Å². The summed E-state index contributed by atoms with van der Waals surface area (Å²) in [6.07, 6.45) is 0.804. The second-order valence-electron chi connectivity index (χ2n) is 7.62. The molecule has 2 heterocycles. The van der Waals surface area contributed by atoms with Gasteiger partial charge in [-0.2, -0.15) is 5.26 Å². The second-order valence-corrected chi connectivity index (χ2v) is 7.62. The molecule has 1 atom stereocenters. The highest BCUT2D eigenvalue weighted by Crippen LogP contribution is 2.29. The second kappa shape index (κ2) is 6.49. The van der Waals surface area contributed by atoms with Crippen LogP contribution in [0.4, 0.5) is 0 Å². The van der Waals surface area contributed by atoms with Crippen molar-refractivity contribution < 1.29 is 13.9 Å². The first-order valence-corrected chi connectivity index (χ1v) is 8.46. The van der Waals surface area contributed by atoms with Crippen molar-refractivity contribution in [2.24, 2.45) is 5.92 Å². The fraction of sp³-hybridized carbons (Fsp3) is 0.526. The molecule has 6 heteroatoms. The largest absolute Gasteiger partial charge is 0.469 e. The molecule has 3 rings (SSSR count). The van der Waals surface area contributed by atoms with Crippen molar-refractivity contribution in [1.29, 1.82) is 5.26 Å². The number of carbonyl (C=O) groups is 1. The smallest absolute Gasteiger partial charge is 0.310 e. The van der Waals surface area contributed by atoms with Gasteiger partial charge in [-0.25, -0.2) is 4.98 Å². The van der Waals surface area contributed by atoms with Gasteiger partial charge >= 0.3 is 5.97 Å². The Balaban J connectivity index is 1.86. The van der Waals surface area contributed by atoms with Crippen LogP contribution in [0, 0.1) is 17.2 Å². The molecule has 1 aromatic carbocycles. The number of fused-ring (bicyclic) bond motifs is 1. The van der Waals surface area contributed by atoms with Gasteiger partial charge in [-0.15, -0.1) is 0 Å². The third-order valence-electron chi connectivity index (χ3n) is 4.52. The van der Waals surface area contributed by atoms with E-state index in [-0.39, 0.29) is 17.3 Å². The zero-order valence-electron chi connectivity index (χ0n) is 15.1. The van der Waals surface area contributed by atoms with Crippen LogP contribution in [-0.4, -0.2) is 36.1 Å². The number of nitrogens with zero attached hydrogens (tertiary/aromatic N) is 3. The quantitative estimate of drug-likeness (QED) is 0.799. The molecule has 0 amide bonds. The molecule has 0 bridgehead atoms. The van der Waals surface area contributed by atoms with E-state index >= 15 is 0 Å². The van der Waals surface area contributed by atoms with Crippen LogP contribution in [0.15, 0.2) is 16.5 Å². The summed E-state index contributed by atoms with van der Waals surface area (Å²) < 4.78 is 10.7. The number of methoxy groups -OCH3 is 1. The topological polar surface area (TPSA) is 79.4 Å². The van der Waals surface area contributed by atoms with Crippen molar-refractivity contribution >= 4 is 17.1 Å². The van der Waals surface area contributed by atoms with Crippen LogP contribution >= 0.6 is 0 Å². The average molecular weight is 341 g/mol. The number of esters is 1. The van der Waals surface area contributed by atoms with Crippen LogP contribution in [0.2, 0.25) is 0 Å².